The van der Waals surface area contributed by atoms with Crippen LogP contribution in [0.1, 0.15) is 19.8 Å². The second kappa shape index (κ2) is 5.97. The molecule has 2 atom stereocenters. The third-order valence-electron chi connectivity index (χ3n) is 3.19. The number of rotatable bonds is 2. The van der Waals surface area contributed by atoms with Crippen LogP contribution >= 0.6 is 24.2 Å². The molecule has 2 fully saturated rings. The summed E-state index contributed by atoms with van der Waals surface area (Å²) in [4.78, 5) is 14.0. The lowest BCUT2D eigenvalue weighted by molar-refractivity contribution is -0.131. The second-order valence-electron chi connectivity index (χ2n) is 4.12. The van der Waals surface area contributed by atoms with E-state index in [0.717, 1.165) is 30.6 Å². The van der Waals surface area contributed by atoms with Crippen LogP contribution < -0.4 is 5.32 Å². The molecule has 0 saturated carbocycles. The van der Waals surface area contributed by atoms with Gasteiger partial charge in [-0.05, 0) is 12.3 Å². The molecule has 0 spiro atoms. The molecule has 2 saturated heterocycles. The zero-order chi connectivity index (χ0) is 9.97. The zero-order valence-electron chi connectivity index (χ0n) is 9.07. The minimum Gasteiger partial charge on any atom is -0.341 e. The maximum atomic E-state index is 12.0. The molecule has 0 radical (unpaired) electrons. The van der Waals surface area contributed by atoms with Crippen LogP contribution in [0.5, 0.6) is 0 Å². The minimum absolute atomic E-state index is 0. The first-order chi connectivity index (χ1) is 6.81. The van der Waals surface area contributed by atoms with Crippen molar-refractivity contribution >= 4 is 30.1 Å². The lowest BCUT2D eigenvalue weighted by Gasteiger charge is -2.20. The van der Waals surface area contributed by atoms with Gasteiger partial charge in [-0.15, -0.1) is 24.2 Å². The number of thioether (sulfide) groups is 1. The van der Waals surface area contributed by atoms with E-state index >= 15 is 0 Å². The fraction of sp³-hybridized carbons (Fsp3) is 0.900. The van der Waals surface area contributed by atoms with Gasteiger partial charge in [0.05, 0.1) is 6.04 Å². The first-order valence-corrected chi connectivity index (χ1v) is 6.56. The molecule has 2 unspecified atom stereocenters. The molecule has 3 nitrogen and oxygen atoms in total. The number of hydrogen-bond donors (Lipinski definition) is 1. The van der Waals surface area contributed by atoms with Gasteiger partial charge in [0.2, 0.25) is 5.91 Å². The smallest absolute Gasteiger partial charge is 0.240 e. The van der Waals surface area contributed by atoms with Crippen molar-refractivity contribution in [2.24, 2.45) is 5.92 Å². The summed E-state index contributed by atoms with van der Waals surface area (Å²) >= 11 is 1.82. The van der Waals surface area contributed by atoms with Crippen LogP contribution in [0.2, 0.25) is 0 Å². The Labute approximate surface area is 102 Å². The molecule has 0 aromatic heterocycles. The summed E-state index contributed by atoms with van der Waals surface area (Å²) in [5, 5.41) is 3.24. The molecule has 15 heavy (non-hydrogen) atoms. The topological polar surface area (TPSA) is 32.3 Å². The average Bonchev–Trinajstić information content (AvgIpc) is 2.88. The standard InChI is InChI=1S/C10H18N2OS.ClH/c1-2-8-3-4-12(5-8)10(13)9-6-14-7-11-9;/h8-9,11H,2-7H2,1H3;1H. The third kappa shape index (κ3) is 3.02. The van der Waals surface area contributed by atoms with Crippen molar-refractivity contribution in [1.29, 1.82) is 0 Å². The van der Waals surface area contributed by atoms with Gasteiger partial charge in [-0.1, -0.05) is 13.3 Å². The number of halogens is 1. The summed E-state index contributed by atoms with van der Waals surface area (Å²) in [7, 11) is 0. The third-order valence-corrected chi connectivity index (χ3v) is 4.13. The quantitative estimate of drug-likeness (QED) is 0.803. The first-order valence-electron chi connectivity index (χ1n) is 5.41. The van der Waals surface area contributed by atoms with Crippen LogP contribution in [0.3, 0.4) is 0 Å². The van der Waals surface area contributed by atoms with E-state index in [2.05, 4.69) is 12.2 Å². The molecule has 0 bridgehead atoms. The summed E-state index contributed by atoms with van der Waals surface area (Å²) in [5.41, 5.74) is 0. The highest BCUT2D eigenvalue weighted by Crippen LogP contribution is 2.21. The Bertz CT molecular complexity index is 221. The molecule has 5 heteroatoms. The summed E-state index contributed by atoms with van der Waals surface area (Å²) in [6.45, 7) is 4.17. The molecule has 0 aromatic carbocycles. The zero-order valence-corrected chi connectivity index (χ0v) is 10.7. The van der Waals surface area contributed by atoms with Crippen LogP contribution in [0.25, 0.3) is 0 Å². The van der Waals surface area contributed by atoms with Crippen molar-refractivity contribution in [3.63, 3.8) is 0 Å². The largest absolute Gasteiger partial charge is 0.341 e. The Morgan fingerprint density at radius 3 is 2.93 bits per heavy atom. The molecule has 0 aliphatic carbocycles. The molecular weight excluding hydrogens is 232 g/mol. The van der Waals surface area contributed by atoms with Gasteiger partial charge in [0.15, 0.2) is 0 Å². The van der Waals surface area contributed by atoms with E-state index in [1.165, 1.54) is 12.8 Å². The maximum Gasteiger partial charge on any atom is 0.240 e. The number of nitrogens with zero attached hydrogens (tertiary/aromatic N) is 1. The lowest BCUT2D eigenvalue weighted by atomic mass is 10.1. The number of hydrogen-bond acceptors (Lipinski definition) is 3. The summed E-state index contributed by atoms with van der Waals surface area (Å²) in [6, 6.07) is 0.0932. The predicted molar refractivity (Wildman–Crippen MR) is 66.5 cm³/mol. The molecule has 2 aliphatic heterocycles. The fourth-order valence-corrected chi connectivity index (χ4v) is 3.07. The number of nitrogens with one attached hydrogen (secondary N) is 1. The normalized spacial score (nSPS) is 30.3. The summed E-state index contributed by atoms with van der Waals surface area (Å²) in [6.07, 6.45) is 2.40. The number of carbonyl (C=O) groups is 1. The van der Waals surface area contributed by atoms with E-state index in [1.807, 2.05) is 16.7 Å². The van der Waals surface area contributed by atoms with E-state index in [9.17, 15) is 4.79 Å². The van der Waals surface area contributed by atoms with E-state index < -0.39 is 0 Å². The van der Waals surface area contributed by atoms with Crippen LogP contribution in [-0.4, -0.2) is 41.6 Å². The minimum atomic E-state index is 0. The van der Waals surface area contributed by atoms with Crippen molar-refractivity contribution in [2.45, 2.75) is 25.8 Å². The molecule has 2 aliphatic rings. The predicted octanol–water partition coefficient (Wildman–Crippen LogP) is 1.33. The maximum absolute atomic E-state index is 12.0. The monoisotopic (exact) mass is 250 g/mol. The second-order valence-corrected chi connectivity index (χ2v) is 5.15. The molecule has 2 rings (SSSR count). The SMILES string of the molecule is CCC1CCN(C(=O)C2CSCN2)C1.Cl. The van der Waals surface area contributed by atoms with Crippen molar-refractivity contribution in [1.82, 2.24) is 10.2 Å². The van der Waals surface area contributed by atoms with Gasteiger partial charge >= 0.3 is 0 Å². The summed E-state index contributed by atoms with van der Waals surface area (Å²) < 4.78 is 0. The number of carbonyl (C=O) groups excluding carboxylic acids is 1. The Morgan fingerprint density at radius 2 is 2.40 bits per heavy atom. The molecule has 1 amide bonds. The fourth-order valence-electron chi connectivity index (χ4n) is 2.14. The molecule has 88 valence electrons. The van der Waals surface area contributed by atoms with E-state index in [-0.39, 0.29) is 18.4 Å². The molecule has 2 heterocycles. The average molecular weight is 251 g/mol. The molecular formula is C10H19ClN2OS. The van der Waals surface area contributed by atoms with Gasteiger partial charge in [0.25, 0.3) is 0 Å². The highest BCUT2D eigenvalue weighted by molar-refractivity contribution is 7.99. The first kappa shape index (κ1) is 13.1. The van der Waals surface area contributed by atoms with Crippen molar-refractivity contribution in [3.8, 4) is 0 Å². The molecule has 0 aromatic rings. The van der Waals surface area contributed by atoms with E-state index in [0.29, 0.717) is 5.91 Å². The van der Waals surface area contributed by atoms with Gasteiger partial charge in [0, 0.05) is 24.7 Å². The Hall–Kier alpha value is 0.0700. The van der Waals surface area contributed by atoms with Gasteiger partial charge < -0.3 is 4.90 Å². The molecule has 1 N–H and O–H groups in total. The van der Waals surface area contributed by atoms with Gasteiger partial charge in [-0.2, -0.15) is 0 Å². The summed E-state index contributed by atoms with van der Waals surface area (Å²) in [5.74, 6) is 2.95. The van der Waals surface area contributed by atoms with Crippen molar-refractivity contribution in [2.75, 3.05) is 24.7 Å². The lowest BCUT2D eigenvalue weighted by Crippen LogP contribution is -2.43. The van der Waals surface area contributed by atoms with Crippen LogP contribution in [0.15, 0.2) is 0 Å². The highest BCUT2D eigenvalue weighted by atomic mass is 35.5. The van der Waals surface area contributed by atoms with Gasteiger partial charge in [0.1, 0.15) is 0 Å². The van der Waals surface area contributed by atoms with E-state index in [1.54, 1.807) is 0 Å². The van der Waals surface area contributed by atoms with Crippen LogP contribution in [0, 0.1) is 5.92 Å². The van der Waals surface area contributed by atoms with Crippen molar-refractivity contribution in [3.05, 3.63) is 0 Å². The van der Waals surface area contributed by atoms with Crippen LogP contribution in [0.4, 0.5) is 0 Å². The van der Waals surface area contributed by atoms with Crippen LogP contribution in [-0.2, 0) is 4.79 Å². The Balaban J connectivity index is 0.00000112. The Morgan fingerprint density at radius 1 is 1.60 bits per heavy atom. The van der Waals surface area contributed by atoms with Gasteiger partial charge in [-0.25, -0.2) is 0 Å². The number of likely N-dealkylation sites (tertiary alicyclic amines) is 1. The number of amides is 1. The highest BCUT2D eigenvalue weighted by Gasteiger charge is 2.31. The van der Waals surface area contributed by atoms with Crippen molar-refractivity contribution < 1.29 is 4.79 Å². The van der Waals surface area contributed by atoms with E-state index in [4.69, 9.17) is 0 Å². The Kier molecular flexibility index (Phi) is 5.23. The van der Waals surface area contributed by atoms with Gasteiger partial charge in [-0.3, -0.25) is 10.1 Å².